The van der Waals surface area contributed by atoms with E-state index in [2.05, 4.69) is 17.0 Å². The molecule has 1 saturated heterocycles. The van der Waals surface area contributed by atoms with E-state index in [0.717, 1.165) is 32.4 Å². The maximum absolute atomic E-state index is 10.3. The first kappa shape index (κ1) is 11.9. The topological polar surface area (TPSA) is 46.4 Å². The summed E-state index contributed by atoms with van der Waals surface area (Å²) in [4.78, 5) is 12.5. The molecule has 0 radical (unpaired) electrons. The molecule has 4 nitrogen and oxygen atoms in total. The van der Waals surface area contributed by atoms with E-state index in [4.69, 9.17) is 0 Å². The molecule has 0 saturated carbocycles. The average Bonchev–Trinajstić information content (AvgIpc) is 2.38. The van der Waals surface area contributed by atoms with E-state index in [1.165, 1.54) is 5.69 Å². The van der Waals surface area contributed by atoms with Crippen LogP contribution in [0.2, 0.25) is 0 Å². The van der Waals surface area contributed by atoms with Gasteiger partial charge in [0.25, 0.3) is 0 Å². The van der Waals surface area contributed by atoms with Gasteiger partial charge in [0.2, 0.25) is 6.54 Å². The molecule has 1 fully saturated rings. The van der Waals surface area contributed by atoms with Gasteiger partial charge < -0.3 is 4.90 Å². The Hall–Kier alpha value is -1.58. The summed E-state index contributed by atoms with van der Waals surface area (Å²) < 4.78 is 0. The van der Waals surface area contributed by atoms with Crippen molar-refractivity contribution in [1.29, 1.82) is 0 Å². The molecule has 0 unspecified atom stereocenters. The molecule has 0 atom stereocenters. The molecule has 2 rings (SSSR count). The molecule has 1 aromatic rings. The van der Waals surface area contributed by atoms with Crippen molar-refractivity contribution < 1.29 is 4.92 Å². The van der Waals surface area contributed by atoms with E-state index in [9.17, 15) is 10.1 Å². The van der Waals surface area contributed by atoms with E-state index < -0.39 is 0 Å². The highest BCUT2D eigenvalue weighted by Crippen LogP contribution is 2.24. The maximum atomic E-state index is 10.3. The molecule has 0 aliphatic carbocycles. The van der Waals surface area contributed by atoms with Crippen molar-refractivity contribution in [2.24, 2.45) is 5.92 Å². The number of nitro groups is 1. The third kappa shape index (κ3) is 3.44. The zero-order chi connectivity index (χ0) is 12.1. The van der Waals surface area contributed by atoms with Crippen LogP contribution in [0.25, 0.3) is 0 Å². The first-order valence-electron chi connectivity index (χ1n) is 6.17. The second-order valence-electron chi connectivity index (χ2n) is 4.61. The van der Waals surface area contributed by atoms with Crippen LogP contribution in [0.15, 0.2) is 30.3 Å². The number of hydrogen-bond donors (Lipinski definition) is 0. The van der Waals surface area contributed by atoms with Crippen molar-refractivity contribution in [2.45, 2.75) is 19.3 Å². The zero-order valence-corrected chi connectivity index (χ0v) is 9.92. The highest BCUT2D eigenvalue weighted by molar-refractivity contribution is 5.46. The Kier molecular flexibility index (Phi) is 3.96. The van der Waals surface area contributed by atoms with Gasteiger partial charge in [-0.1, -0.05) is 18.2 Å². The van der Waals surface area contributed by atoms with Gasteiger partial charge in [0, 0.05) is 30.1 Å². The van der Waals surface area contributed by atoms with Crippen molar-refractivity contribution in [1.82, 2.24) is 0 Å². The van der Waals surface area contributed by atoms with Crippen LogP contribution in [0.3, 0.4) is 0 Å². The van der Waals surface area contributed by atoms with Crippen molar-refractivity contribution >= 4 is 5.69 Å². The molecule has 1 aliphatic heterocycles. The van der Waals surface area contributed by atoms with Crippen LogP contribution < -0.4 is 4.90 Å². The number of rotatable bonds is 4. The van der Waals surface area contributed by atoms with Gasteiger partial charge in [0.1, 0.15) is 0 Å². The molecule has 0 bridgehead atoms. The first-order valence-corrected chi connectivity index (χ1v) is 6.17. The first-order chi connectivity index (χ1) is 8.25. The SMILES string of the molecule is O=[N+]([O-])CCC1CCN(c2ccccc2)CC1. The van der Waals surface area contributed by atoms with Gasteiger partial charge in [-0.25, -0.2) is 0 Å². The van der Waals surface area contributed by atoms with Gasteiger partial charge in [-0.05, 0) is 30.9 Å². The summed E-state index contributed by atoms with van der Waals surface area (Å²) in [5.74, 6) is 0.528. The fourth-order valence-electron chi connectivity index (χ4n) is 2.41. The van der Waals surface area contributed by atoms with E-state index in [-0.39, 0.29) is 11.5 Å². The third-order valence-corrected chi connectivity index (χ3v) is 3.46. The van der Waals surface area contributed by atoms with Crippen LogP contribution in [0.5, 0.6) is 0 Å². The predicted molar refractivity (Wildman–Crippen MR) is 67.9 cm³/mol. The Morgan fingerprint density at radius 3 is 2.47 bits per heavy atom. The van der Waals surface area contributed by atoms with Crippen molar-refractivity contribution in [3.63, 3.8) is 0 Å². The molecular weight excluding hydrogens is 216 g/mol. The lowest BCUT2D eigenvalue weighted by atomic mass is 9.93. The van der Waals surface area contributed by atoms with E-state index in [1.807, 2.05) is 18.2 Å². The van der Waals surface area contributed by atoms with Gasteiger partial charge >= 0.3 is 0 Å². The van der Waals surface area contributed by atoms with Crippen molar-refractivity contribution in [3.8, 4) is 0 Å². The summed E-state index contributed by atoms with van der Waals surface area (Å²) in [5.41, 5.74) is 1.26. The molecule has 0 spiro atoms. The van der Waals surface area contributed by atoms with Crippen LogP contribution >= 0.6 is 0 Å². The third-order valence-electron chi connectivity index (χ3n) is 3.46. The highest BCUT2D eigenvalue weighted by atomic mass is 16.6. The smallest absolute Gasteiger partial charge is 0.204 e. The molecule has 1 aromatic carbocycles. The largest absolute Gasteiger partial charge is 0.372 e. The quantitative estimate of drug-likeness (QED) is 0.594. The zero-order valence-electron chi connectivity index (χ0n) is 9.92. The number of hydrogen-bond acceptors (Lipinski definition) is 3. The molecule has 1 aliphatic rings. The summed E-state index contributed by atoms with van der Waals surface area (Å²) in [6.45, 7) is 2.16. The Labute approximate surface area is 101 Å². The predicted octanol–water partition coefficient (Wildman–Crippen LogP) is 2.57. The van der Waals surface area contributed by atoms with Crippen molar-refractivity contribution in [2.75, 3.05) is 24.5 Å². The normalized spacial score (nSPS) is 17.1. The van der Waals surface area contributed by atoms with Crippen LogP contribution in [0.4, 0.5) is 5.69 Å². The Bertz CT molecular complexity index is 359. The van der Waals surface area contributed by atoms with Gasteiger partial charge in [-0.3, -0.25) is 10.1 Å². The van der Waals surface area contributed by atoms with Crippen LogP contribution in [-0.4, -0.2) is 24.6 Å². The lowest BCUT2D eigenvalue weighted by Gasteiger charge is -2.33. The summed E-state index contributed by atoms with van der Waals surface area (Å²) in [7, 11) is 0. The second-order valence-corrected chi connectivity index (χ2v) is 4.61. The molecule has 0 amide bonds. The summed E-state index contributed by atoms with van der Waals surface area (Å²) >= 11 is 0. The van der Waals surface area contributed by atoms with Gasteiger partial charge in [-0.2, -0.15) is 0 Å². The van der Waals surface area contributed by atoms with E-state index in [1.54, 1.807) is 0 Å². The maximum Gasteiger partial charge on any atom is 0.204 e. The minimum absolute atomic E-state index is 0.121. The standard InChI is InChI=1S/C13H18N2O2/c16-15(17)11-8-12-6-9-14(10-7-12)13-4-2-1-3-5-13/h1-5,12H,6-11H2. The monoisotopic (exact) mass is 234 g/mol. The van der Waals surface area contributed by atoms with E-state index >= 15 is 0 Å². The lowest BCUT2D eigenvalue weighted by Crippen LogP contribution is -2.34. The fourth-order valence-corrected chi connectivity index (χ4v) is 2.41. The van der Waals surface area contributed by atoms with Crippen LogP contribution in [-0.2, 0) is 0 Å². The Morgan fingerprint density at radius 1 is 1.24 bits per heavy atom. The second kappa shape index (κ2) is 5.66. The number of anilines is 1. The Balaban J connectivity index is 1.80. The molecule has 17 heavy (non-hydrogen) atoms. The summed E-state index contributed by atoms with van der Waals surface area (Å²) in [5, 5.41) is 10.3. The van der Waals surface area contributed by atoms with Crippen LogP contribution in [0.1, 0.15) is 19.3 Å². The molecule has 4 heteroatoms. The van der Waals surface area contributed by atoms with Gasteiger partial charge in [-0.15, -0.1) is 0 Å². The summed E-state index contributed by atoms with van der Waals surface area (Å²) in [6, 6.07) is 10.4. The fraction of sp³-hybridized carbons (Fsp3) is 0.538. The summed E-state index contributed by atoms with van der Waals surface area (Å²) in [6.07, 6.45) is 2.88. The van der Waals surface area contributed by atoms with Gasteiger partial charge in [0.15, 0.2) is 0 Å². The number of para-hydroxylation sites is 1. The number of benzene rings is 1. The lowest BCUT2D eigenvalue weighted by molar-refractivity contribution is -0.481. The number of nitrogens with zero attached hydrogens (tertiary/aromatic N) is 2. The molecule has 92 valence electrons. The molecular formula is C13H18N2O2. The molecule has 0 N–H and O–H groups in total. The molecule has 0 aromatic heterocycles. The average molecular weight is 234 g/mol. The molecule has 1 heterocycles. The van der Waals surface area contributed by atoms with Crippen LogP contribution in [0, 0.1) is 16.0 Å². The highest BCUT2D eigenvalue weighted by Gasteiger charge is 2.20. The minimum atomic E-state index is -0.205. The van der Waals surface area contributed by atoms with Crippen molar-refractivity contribution in [3.05, 3.63) is 40.4 Å². The minimum Gasteiger partial charge on any atom is -0.372 e. The number of piperidine rings is 1. The van der Waals surface area contributed by atoms with Gasteiger partial charge in [0.05, 0.1) is 0 Å². The van der Waals surface area contributed by atoms with E-state index in [0.29, 0.717) is 5.92 Å². The Morgan fingerprint density at radius 2 is 1.88 bits per heavy atom.